The van der Waals surface area contributed by atoms with Crippen LogP contribution in [0.2, 0.25) is 0 Å². The highest BCUT2D eigenvalue weighted by molar-refractivity contribution is 7.90. The third kappa shape index (κ3) is 10.4. The fourth-order valence-electron chi connectivity index (χ4n) is 7.74. The number of unbranched alkanes of at least 4 members (excludes halogenated alkanes) is 2. The summed E-state index contributed by atoms with van der Waals surface area (Å²) >= 11 is 0. The number of aliphatic hydroxyl groups is 1. The van der Waals surface area contributed by atoms with Gasteiger partial charge in [0, 0.05) is 17.7 Å². The first-order valence-corrected chi connectivity index (χ1v) is 21.8. The highest BCUT2D eigenvalue weighted by Gasteiger charge is 2.58. The topological polar surface area (TPSA) is 131 Å². The number of hydrogen-bond donors (Lipinski definition) is 2. The molecule has 5 aromatic carbocycles. The van der Waals surface area contributed by atoms with Crippen LogP contribution in [0.5, 0.6) is 0 Å². The number of benzene rings is 5. The van der Waals surface area contributed by atoms with Gasteiger partial charge in [0.15, 0.2) is 6.29 Å². The van der Waals surface area contributed by atoms with Crippen molar-refractivity contribution >= 4 is 20.9 Å². The molecule has 310 valence electrons. The Hall–Kier alpha value is -4.69. The van der Waals surface area contributed by atoms with Gasteiger partial charge in [0.2, 0.25) is 0 Å². The van der Waals surface area contributed by atoms with Crippen LogP contribution in [0.4, 0.5) is 0 Å². The van der Waals surface area contributed by atoms with Crippen LogP contribution >= 0.6 is 0 Å². The zero-order chi connectivity index (χ0) is 40.9. The molecule has 0 amide bonds. The second-order valence-electron chi connectivity index (χ2n) is 14.9. The molecule has 59 heavy (non-hydrogen) atoms. The van der Waals surface area contributed by atoms with E-state index in [9.17, 15) is 13.5 Å². The molecule has 0 spiro atoms. The van der Waals surface area contributed by atoms with Crippen molar-refractivity contribution in [2.75, 3.05) is 19.8 Å². The molecule has 0 unspecified atom stereocenters. The Bertz CT molecular complexity index is 2280. The van der Waals surface area contributed by atoms with Crippen LogP contribution < -0.4 is 5.73 Å². The smallest absolute Gasteiger partial charge is 0.268 e. The van der Waals surface area contributed by atoms with Crippen LogP contribution in [0, 0.1) is 0 Å². The fourth-order valence-corrected chi connectivity index (χ4v) is 9.33. The molecule has 1 aliphatic rings. The summed E-state index contributed by atoms with van der Waals surface area (Å²) in [5, 5.41) is 13.2. The molecule has 1 saturated heterocycles. The van der Waals surface area contributed by atoms with Crippen LogP contribution in [0.1, 0.15) is 48.1 Å². The van der Waals surface area contributed by atoms with Crippen molar-refractivity contribution in [3.8, 4) is 0 Å². The predicted molar refractivity (Wildman–Crippen MR) is 228 cm³/mol. The average molecular weight is 819 g/mol. The molecule has 1 aromatic heterocycles. The van der Waals surface area contributed by atoms with E-state index in [1.807, 2.05) is 115 Å². The van der Waals surface area contributed by atoms with Crippen molar-refractivity contribution in [3.05, 3.63) is 174 Å². The van der Waals surface area contributed by atoms with E-state index >= 15 is 0 Å². The third-order valence-electron chi connectivity index (χ3n) is 10.8. The first-order valence-electron chi connectivity index (χ1n) is 20.4. The Morgan fingerprint density at radius 1 is 0.695 bits per heavy atom. The van der Waals surface area contributed by atoms with Crippen molar-refractivity contribution in [2.24, 2.45) is 5.73 Å². The van der Waals surface area contributed by atoms with Gasteiger partial charge in [-0.05, 0) is 79.6 Å². The standard InChI is InChI=1S/C48H54N2O8S/c49-30-16-5-17-31-54-36-44-45(55-33-37-18-6-1-7-19-37)46(56-34-38-20-8-2-9-21-38)48(47(51)58-44,57-35-39-22-10-3-11-23-39)29-28-41-32-40-24-14-15-27-43(40)50(41)59(52,53)42-25-12-4-13-26-42/h1-4,6-15,18-27,32,44-47,51H,5,16-17,28-31,33-36,49H2/t44-,45-,46+,47-,48-/m1/s1. The second-order valence-corrected chi connectivity index (χ2v) is 16.7. The number of fused-ring (bicyclic) bond motifs is 1. The van der Waals surface area contributed by atoms with Gasteiger partial charge in [-0.1, -0.05) is 127 Å². The van der Waals surface area contributed by atoms with Gasteiger partial charge in [0.25, 0.3) is 10.0 Å². The quantitative estimate of drug-likeness (QED) is 0.0699. The van der Waals surface area contributed by atoms with E-state index in [2.05, 4.69) is 0 Å². The number of nitrogens with two attached hydrogens (primary N) is 1. The summed E-state index contributed by atoms with van der Waals surface area (Å²) in [5.74, 6) is 0. The summed E-state index contributed by atoms with van der Waals surface area (Å²) in [6.07, 6.45) is -0.968. The van der Waals surface area contributed by atoms with E-state index in [4.69, 9.17) is 29.4 Å². The zero-order valence-corrected chi connectivity index (χ0v) is 34.1. The molecule has 11 heteroatoms. The van der Waals surface area contributed by atoms with Crippen LogP contribution in [-0.2, 0) is 59.9 Å². The number of hydrogen-bond acceptors (Lipinski definition) is 9. The largest absolute Gasteiger partial charge is 0.379 e. The van der Waals surface area contributed by atoms with E-state index in [0.717, 1.165) is 41.3 Å². The normalized spacial score (nSPS) is 20.8. The van der Waals surface area contributed by atoms with Crippen LogP contribution in [0.25, 0.3) is 10.9 Å². The molecule has 7 rings (SSSR count). The first-order chi connectivity index (χ1) is 28.9. The second kappa shape index (κ2) is 20.5. The molecular formula is C48H54N2O8S. The lowest BCUT2D eigenvalue weighted by atomic mass is 9.81. The molecule has 5 atom stereocenters. The molecule has 0 saturated carbocycles. The number of nitrogens with zero attached hydrogens (tertiary/aromatic N) is 1. The SMILES string of the molecule is NCCCCCOC[C@H]1O[C@@H](O)[C@](CCc2cc3ccccc3n2S(=O)(=O)c2ccccc2)(OCc2ccccc2)[C@@H](OCc2ccccc2)[C@@H]1OCc1ccccc1. The molecule has 3 N–H and O–H groups in total. The van der Waals surface area contributed by atoms with Gasteiger partial charge in [-0.2, -0.15) is 0 Å². The van der Waals surface area contributed by atoms with Gasteiger partial charge in [0.1, 0.15) is 23.9 Å². The van der Waals surface area contributed by atoms with Crippen molar-refractivity contribution in [3.63, 3.8) is 0 Å². The van der Waals surface area contributed by atoms with Crippen molar-refractivity contribution in [1.29, 1.82) is 0 Å². The molecule has 10 nitrogen and oxygen atoms in total. The summed E-state index contributed by atoms with van der Waals surface area (Å²) in [4.78, 5) is 0.169. The van der Waals surface area contributed by atoms with Gasteiger partial charge >= 0.3 is 0 Å². The molecule has 0 bridgehead atoms. The lowest BCUT2D eigenvalue weighted by molar-refractivity contribution is -0.360. The first kappa shape index (κ1) is 42.4. The average Bonchev–Trinajstić information content (AvgIpc) is 3.66. The van der Waals surface area contributed by atoms with Crippen molar-refractivity contribution in [1.82, 2.24) is 3.97 Å². The van der Waals surface area contributed by atoms with E-state index in [1.54, 1.807) is 36.4 Å². The molecule has 1 fully saturated rings. The van der Waals surface area contributed by atoms with Crippen LogP contribution in [0.3, 0.4) is 0 Å². The Balaban J connectivity index is 1.30. The summed E-state index contributed by atoms with van der Waals surface area (Å²) in [5.41, 5.74) is 8.00. The lowest BCUT2D eigenvalue weighted by Crippen LogP contribution is -2.69. The molecule has 6 aromatic rings. The van der Waals surface area contributed by atoms with Gasteiger partial charge in [0.05, 0.1) is 36.8 Å². The lowest BCUT2D eigenvalue weighted by Gasteiger charge is -2.52. The summed E-state index contributed by atoms with van der Waals surface area (Å²) in [6.45, 7) is 1.80. The molecular weight excluding hydrogens is 765 g/mol. The Labute approximate surface area is 347 Å². The van der Waals surface area contributed by atoms with Gasteiger partial charge < -0.3 is 34.5 Å². The highest BCUT2D eigenvalue weighted by Crippen LogP contribution is 2.41. The van der Waals surface area contributed by atoms with E-state index in [1.165, 1.54) is 3.97 Å². The minimum absolute atomic E-state index is 0.110. The van der Waals surface area contributed by atoms with Crippen molar-refractivity contribution in [2.45, 2.75) is 87.0 Å². The van der Waals surface area contributed by atoms with E-state index in [-0.39, 0.29) is 44.2 Å². The molecule has 1 aliphatic heterocycles. The Kier molecular flexibility index (Phi) is 14.8. The Morgan fingerprint density at radius 2 is 1.27 bits per heavy atom. The highest BCUT2D eigenvalue weighted by atomic mass is 32.2. The predicted octanol–water partition coefficient (Wildman–Crippen LogP) is 7.80. The number of aliphatic hydroxyl groups excluding tert-OH is 1. The van der Waals surface area contributed by atoms with Gasteiger partial charge in [-0.25, -0.2) is 12.4 Å². The third-order valence-corrected chi connectivity index (χ3v) is 12.6. The van der Waals surface area contributed by atoms with Crippen molar-refractivity contribution < 1.29 is 37.2 Å². The maximum Gasteiger partial charge on any atom is 0.268 e. The number of aromatic nitrogens is 1. The molecule has 0 radical (unpaired) electrons. The summed E-state index contributed by atoms with van der Waals surface area (Å²) in [7, 11) is -4.03. The number of ether oxygens (including phenoxy) is 5. The Morgan fingerprint density at radius 3 is 1.92 bits per heavy atom. The van der Waals surface area contributed by atoms with E-state index < -0.39 is 40.2 Å². The molecule has 0 aliphatic carbocycles. The number of para-hydroxylation sites is 1. The van der Waals surface area contributed by atoms with Gasteiger partial charge in [-0.3, -0.25) is 0 Å². The minimum atomic E-state index is -4.03. The van der Waals surface area contributed by atoms with Crippen LogP contribution in [-0.4, -0.2) is 67.5 Å². The monoisotopic (exact) mass is 818 g/mol. The summed E-state index contributed by atoms with van der Waals surface area (Å²) < 4.78 is 63.9. The molecule has 2 heterocycles. The maximum absolute atomic E-state index is 14.5. The van der Waals surface area contributed by atoms with E-state index in [0.29, 0.717) is 24.4 Å². The minimum Gasteiger partial charge on any atom is -0.379 e. The van der Waals surface area contributed by atoms with Crippen LogP contribution in [0.15, 0.2) is 157 Å². The number of rotatable bonds is 21. The van der Waals surface area contributed by atoms with Gasteiger partial charge in [-0.15, -0.1) is 0 Å². The summed E-state index contributed by atoms with van der Waals surface area (Å²) in [6, 6.07) is 47.1. The number of aryl methyl sites for hydroxylation is 1. The zero-order valence-electron chi connectivity index (χ0n) is 33.3. The fraction of sp³-hybridized carbons (Fsp3) is 0.333. The maximum atomic E-state index is 14.5.